The van der Waals surface area contributed by atoms with E-state index in [1.165, 1.54) is 57.8 Å². The first-order chi connectivity index (χ1) is 10.2. The number of hydrogen-bond acceptors (Lipinski definition) is 2. The van der Waals surface area contributed by atoms with Crippen LogP contribution in [0.2, 0.25) is 0 Å². The van der Waals surface area contributed by atoms with Gasteiger partial charge in [-0.25, -0.2) is 0 Å². The molecule has 0 bridgehead atoms. The molecule has 0 spiro atoms. The van der Waals surface area contributed by atoms with Gasteiger partial charge in [-0.1, -0.05) is 64.7 Å². The third-order valence-corrected chi connectivity index (χ3v) is 4.77. The van der Waals surface area contributed by atoms with Crippen LogP contribution in [0.25, 0.3) is 0 Å². The molecule has 3 heteroatoms. The van der Waals surface area contributed by atoms with E-state index in [1.54, 1.807) is 0 Å². The van der Waals surface area contributed by atoms with Gasteiger partial charge < -0.3 is 11.1 Å². The van der Waals surface area contributed by atoms with E-state index in [1.807, 2.05) is 0 Å². The van der Waals surface area contributed by atoms with Crippen LogP contribution < -0.4 is 11.1 Å². The molecular formula is C18H36N2O. The molecule has 0 saturated heterocycles. The lowest BCUT2D eigenvalue weighted by atomic mass is 9.83. The van der Waals surface area contributed by atoms with E-state index >= 15 is 0 Å². The van der Waals surface area contributed by atoms with Crippen molar-refractivity contribution in [3.05, 3.63) is 0 Å². The van der Waals surface area contributed by atoms with Gasteiger partial charge in [0.15, 0.2) is 0 Å². The molecule has 3 N–H and O–H groups in total. The van der Waals surface area contributed by atoms with Crippen molar-refractivity contribution in [1.29, 1.82) is 0 Å². The summed E-state index contributed by atoms with van der Waals surface area (Å²) < 4.78 is 0. The fourth-order valence-electron chi connectivity index (χ4n) is 3.29. The Balaban J connectivity index is 1.91. The Morgan fingerprint density at radius 1 is 1.00 bits per heavy atom. The topological polar surface area (TPSA) is 55.1 Å². The summed E-state index contributed by atoms with van der Waals surface area (Å²) in [6, 6.07) is 0.243. The monoisotopic (exact) mass is 296 g/mol. The quantitative estimate of drug-likeness (QED) is 0.563. The number of unbranched alkanes of at least 4 members (excludes halogenated alkanes) is 7. The zero-order valence-corrected chi connectivity index (χ0v) is 14.0. The van der Waals surface area contributed by atoms with Crippen LogP contribution in [0, 0.1) is 5.92 Å². The maximum absolute atomic E-state index is 11.9. The molecule has 0 radical (unpaired) electrons. The summed E-state index contributed by atoms with van der Waals surface area (Å²) in [5, 5.41) is 3.07. The van der Waals surface area contributed by atoms with Crippen LogP contribution in [-0.4, -0.2) is 18.5 Å². The minimum Gasteiger partial charge on any atom is -0.356 e. The van der Waals surface area contributed by atoms with Crippen molar-refractivity contribution >= 4 is 5.91 Å². The molecule has 1 fully saturated rings. The molecule has 124 valence electrons. The predicted octanol–water partition coefficient (Wildman–Crippen LogP) is 4.15. The highest BCUT2D eigenvalue weighted by Gasteiger charge is 2.23. The van der Waals surface area contributed by atoms with Crippen LogP contribution in [0.5, 0.6) is 0 Å². The third-order valence-electron chi connectivity index (χ3n) is 4.77. The van der Waals surface area contributed by atoms with E-state index in [0.717, 1.165) is 25.8 Å². The summed E-state index contributed by atoms with van der Waals surface area (Å²) in [7, 11) is 0. The molecular weight excluding hydrogens is 260 g/mol. The standard InChI is InChI=1S/C18H36N2O/c1-2-3-4-5-6-7-8-11-14-20-18(21)15-16-12-9-10-13-17(16)19/h16-17H,2-15,19H2,1H3,(H,20,21). The molecule has 3 nitrogen and oxygen atoms in total. The summed E-state index contributed by atoms with van der Waals surface area (Å²) in [5.74, 6) is 0.623. The maximum Gasteiger partial charge on any atom is 0.220 e. The Morgan fingerprint density at radius 2 is 1.62 bits per heavy atom. The molecule has 2 unspecified atom stereocenters. The zero-order chi connectivity index (χ0) is 15.3. The first kappa shape index (κ1) is 18.5. The molecule has 1 aliphatic carbocycles. The maximum atomic E-state index is 11.9. The summed E-state index contributed by atoms with van der Waals surface area (Å²) in [4.78, 5) is 11.9. The lowest BCUT2D eigenvalue weighted by molar-refractivity contribution is -0.122. The zero-order valence-electron chi connectivity index (χ0n) is 14.0. The molecule has 21 heavy (non-hydrogen) atoms. The lowest BCUT2D eigenvalue weighted by Gasteiger charge is -2.27. The number of nitrogens with two attached hydrogens (primary N) is 1. The molecule has 2 atom stereocenters. The van der Waals surface area contributed by atoms with E-state index in [9.17, 15) is 4.79 Å². The highest BCUT2D eigenvalue weighted by molar-refractivity contribution is 5.76. The summed E-state index contributed by atoms with van der Waals surface area (Å²) in [6.07, 6.45) is 15.8. The Kier molecular flexibility index (Phi) is 10.6. The average molecular weight is 296 g/mol. The van der Waals surface area contributed by atoms with E-state index in [0.29, 0.717) is 12.3 Å². The molecule has 1 saturated carbocycles. The molecule has 1 amide bonds. The van der Waals surface area contributed by atoms with Crippen molar-refractivity contribution in [3.8, 4) is 0 Å². The molecule has 0 aromatic heterocycles. The van der Waals surface area contributed by atoms with Crippen LogP contribution in [0.3, 0.4) is 0 Å². The first-order valence-corrected chi connectivity index (χ1v) is 9.26. The number of carbonyl (C=O) groups is 1. The molecule has 0 heterocycles. The van der Waals surface area contributed by atoms with Crippen molar-refractivity contribution in [2.45, 2.75) is 96.4 Å². The van der Waals surface area contributed by atoms with E-state index in [2.05, 4.69) is 12.2 Å². The smallest absolute Gasteiger partial charge is 0.220 e. The number of nitrogens with one attached hydrogen (secondary N) is 1. The second kappa shape index (κ2) is 12.0. The molecule has 1 aliphatic rings. The van der Waals surface area contributed by atoms with Gasteiger partial charge in [-0.15, -0.1) is 0 Å². The van der Waals surface area contributed by atoms with Gasteiger partial charge in [-0.05, 0) is 25.2 Å². The van der Waals surface area contributed by atoms with Crippen LogP contribution in [0.15, 0.2) is 0 Å². The van der Waals surface area contributed by atoms with Gasteiger partial charge in [-0.2, -0.15) is 0 Å². The second-order valence-electron chi connectivity index (χ2n) is 6.74. The van der Waals surface area contributed by atoms with Crippen molar-refractivity contribution in [1.82, 2.24) is 5.32 Å². The minimum atomic E-state index is 0.209. The Bertz CT molecular complexity index is 268. The van der Waals surface area contributed by atoms with Gasteiger partial charge >= 0.3 is 0 Å². The van der Waals surface area contributed by atoms with Gasteiger partial charge in [0.25, 0.3) is 0 Å². The van der Waals surface area contributed by atoms with Crippen molar-refractivity contribution in [2.24, 2.45) is 11.7 Å². The lowest BCUT2D eigenvalue weighted by Crippen LogP contribution is -2.37. The highest BCUT2D eigenvalue weighted by Crippen LogP contribution is 2.25. The van der Waals surface area contributed by atoms with Crippen LogP contribution in [-0.2, 0) is 4.79 Å². The molecule has 0 aliphatic heterocycles. The number of carbonyl (C=O) groups excluding carboxylic acids is 1. The van der Waals surface area contributed by atoms with Crippen LogP contribution in [0.4, 0.5) is 0 Å². The fraction of sp³-hybridized carbons (Fsp3) is 0.944. The van der Waals surface area contributed by atoms with Crippen molar-refractivity contribution in [3.63, 3.8) is 0 Å². The minimum absolute atomic E-state index is 0.209. The summed E-state index contributed by atoms with van der Waals surface area (Å²) in [6.45, 7) is 3.10. The average Bonchev–Trinajstić information content (AvgIpc) is 2.48. The van der Waals surface area contributed by atoms with Gasteiger partial charge in [0.2, 0.25) is 5.91 Å². The normalized spacial score (nSPS) is 22.2. The summed E-state index contributed by atoms with van der Waals surface area (Å²) in [5.41, 5.74) is 6.09. The van der Waals surface area contributed by atoms with Crippen LogP contribution in [0.1, 0.15) is 90.4 Å². The number of hydrogen-bond donors (Lipinski definition) is 2. The van der Waals surface area contributed by atoms with E-state index in [-0.39, 0.29) is 11.9 Å². The second-order valence-corrected chi connectivity index (χ2v) is 6.74. The van der Waals surface area contributed by atoms with Crippen LogP contribution >= 0.6 is 0 Å². The molecule has 0 aromatic carbocycles. The van der Waals surface area contributed by atoms with Gasteiger partial charge in [0.05, 0.1) is 0 Å². The van der Waals surface area contributed by atoms with Gasteiger partial charge in [0.1, 0.15) is 0 Å². The van der Waals surface area contributed by atoms with E-state index < -0.39 is 0 Å². The van der Waals surface area contributed by atoms with Crippen molar-refractivity contribution in [2.75, 3.05) is 6.54 Å². The molecule has 1 rings (SSSR count). The largest absolute Gasteiger partial charge is 0.356 e. The van der Waals surface area contributed by atoms with E-state index in [4.69, 9.17) is 5.73 Å². The number of rotatable bonds is 11. The Morgan fingerprint density at radius 3 is 2.29 bits per heavy atom. The number of amides is 1. The van der Waals surface area contributed by atoms with Gasteiger partial charge in [0, 0.05) is 19.0 Å². The fourth-order valence-corrected chi connectivity index (χ4v) is 3.29. The SMILES string of the molecule is CCCCCCCCCCNC(=O)CC1CCCCC1N. The summed E-state index contributed by atoms with van der Waals surface area (Å²) >= 11 is 0. The Hall–Kier alpha value is -0.570. The molecule has 0 aromatic rings. The predicted molar refractivity (Wildman–Crippen MR) is 90.2 cm³/mol. The first-order valence-electron chi connectivity index (χ1n) is 9.26. The highest BCUT2D eigenvalue weighted by atomic mass is 16.1. The van der Waals surface area contributed by atoms with Gasteiger partial charge in [-0.3, -0.25) is 4.79 Å². The Labute approximate surface area is 131 Å². The third kappa shape index (κ3) is 9.13. The van der Waals surface area contributed by atoms with Crippen molar-refractivity contribution < 1.29 is 4.79 Å².